The Bertz CT molecular complexity index is 1170. The van der Waals surface area contributed by atoms with Crippen molar-refractivity contribution in [1.29, 1.82) is 0 Å². The van der Waals surface area contributed by atoms with Gasteiger partial charge in [-0.05, 0) is 47.9 Å². The maximum absolute atomic E-state index is 5.03. The van der Waals surface area contributed by atoms with Gasteiger partial charge in [-0.25, -0.2) is 0 Å². The summed E-state index contributed by atoms with van der Waals surface area (Å²) in [7, 11) is 9.63. The summed E-state index contributed by atoms with van der Waals surface area (Å²) < 4.78 is 0. The molecule has 0 aliphatic carbocycles. The van der Waals surface area contributed by atoms with Gasteiger partial charge in [0.25, 0.3) is 0 Å². The Morgan fingerprint density at radius 3 is 0.902 bits per heavy atom. The van der Waals surface area contributed by atoms with E-state index in [2.05, 4.69) is 131 Å². The Hall–Kier alpha value is -2.94. The van der Waals surface area contributed by atoms with E-state index in [9.17, 15) is 0 Å². The van der Waals surface area contributed by atoms with Gasteiger partial charge in [-0.2, -0.15) is 10.2 Å². The Labute approximate surface area is 259 Å². The van der Waals surface area contributed by atoms with Gasteiger partial charge in [0, 0.05) is 0 Å². The molecule has 4 aromatic carbocycles. The minimum absolute atomic E-state index is 0.106. The number of hydrogen-bond donors (Lipinski definition) is 0. The van der Waals surface area contributed by atoms with Gasteiger partial charge in [-0.3, -0.25) is 10.0 Å². The van der Waals surface area contributed by atoms with E-state index in [-0.39, 0.29) is 40.1 Å². The van der Waals surface area contributed by atoms with E-state index in [1.54, 1.807) is 0 Å². The van der Waals surface area contributed by atoms with E-state index in [0.717, 1.165) is 25.7 Å². The summed E-state index contributed by atoms with van der Waals surface area (Å²) in [6.45, 7) is 0. The fourth-order valence-corrected chi connectivity index (χ4v) is 6.11. The van der Waals surface area contributed by atoms with Crippen molar-refractivity contribution in [2.45, 2.75) is 49.9 Å². The van der Waals surface area contributed by atoms with Crippen molar-refractivity contribution in [3.8, 4) is 0 Å². The molecule has 0 amide bonds. The molecule has 214 valence electrons. The molecule has 2 aliphatic heterocycles. The second-order valence-electron chi connectivity index (χ2n) is 10.2. The monoisotopic (exact) mass is 674 g/mol. The van der Waals surface area contributed by atoms with Gasteiger partial charge in [0.05, 0.1) is 36.6 Å². The van der Waals surface area contributed by atoms with Crippen LogP contribution in [0.1, 0.15) is 72.1 Å². The number of rotatable bonds is 7. The summed E-state index contributed by atoms with van der Waals surface area (Å²) in [6, 6.07) is 44.0. The number of benzene rings is 4. The fraction of sp³-hybridized carbons (Fsp3) is 0.235. The SMILES string of the molecule is C(/C=N/N1[C@H](c2ccccc2)CC[C@H]1c1ccccc1)=N\N1[C@H](c2ccccc2)CC[C@H]1c1ccccc1.[Cl][Pd][Cl]. The van der Waals surface area contributed by atoms with Crippen LogP contribution in [-0.2, 0) is 15.9 Å². The molecule has 4 atom stereocenters. The van der Waals surface area contributed by atoms with Crippen LogP contribution in [0.25, 0.3) is 0 Å². The van der Waals surface area contributed by atoms with Crippen molar-refractivity contribution in [2.24, 2.45) is 10.2 Å². The van der Waals surface area contributed by atoms with E-state index in [1.165, 1.54) is 22.3 Å². The summed E-state index contributed by atoms with van der Waals surface area (Å²) in [5.41, 5.74) is 5.25. The van der Waals surface area contributed by atoms with Crippen LogP contribution in [-0.4, -0.2) is 22.4 Å². The van der Waals surface area contributed by atoms with E-state index in [1.807, 2.05) is 12.4 Å². The third-order valence-corrected chi connectivity index (χ3v) is 7.91. The zero-order chi connectivity index (χ0) is 28.3. The topological polar surface area (TPSA) is 31.2 Å². The molecule has 0 spiro atoms. The molecule has 2 heterocycles. The predicted molar refractivity (Wildman–Crippen MR) is 168 cm³/mol. The molecule has 2 aliphatic rings. The van der Waals surface area contributed by atoms with E-state index in [0.29, 0.717) is 0 Å². The summed E-state index contributed by atoms with van der Waals surface area (Å²) in [4.78, 5) is 0. The number of halogens is 2. The first kappa shape index (κ1) is 29.6. The molecule has 0 N–H and O–H groups in total. The molecule has 4 nitrogen and oxygen atoms in total. The zero-order valence-electron chi connectivity index (χ0n) is 22.7. The van der Waals surface area contributed by atoms with Crippen LogP contribution < -0.4 is 0 Å². The normalized spacial score (nSPS) is 22.4. The number of hydrazone groups is 2. The zero-order valence-corrected chi connectivity index (χ0v) is 25.8. The molecular weight excluding hydrogens is 642 g/mol. The Balaban J connectivity index is 0.00000108. The molecule has 0 unspecified atom stereocenters. The van der Waals surface area contributed by atoms with Gasteiger partial charge in [0.15, 0.2) is 0 Å². The number of hydrogen-bond acceptors (Lipinski definition) is 4. The summed E-state index contributed by atoms with van der Waals surface area (Å²) >= 11 is -0.106. The molecule has 2 fully saturated rings. The first-order chi connectivity index (χ1) is 20.3. The average molecular weight is 676 g/mol. The molecular formula is C34H34Cl2N4Pd. The Kier molecular flexibility index (Phi) is 11.1. The average Bonchev–Trinajstić information content (AvgIpc) is 3.66. The molecule has 0 aromatic heterocycles. The minimum atomic E-state index is -0.106. The van der Waals surface area contributed by atoms with Gasteiger partial charge in [0.1, 0.15) is 0 Å². The molecule has 0 saturated carbocycles. The van der Waals surface area contributed by atoms with Crippen LogP contribution in [0.5, 0.6) is 0 Å². The van der Waals surface area contributed by atoms with Crippen molar-refractivity contribution in [2.75, 3.05) is 0 Å². The van der Waals surface area contributed by atoms with Crippen molar-refractivity contribution < 1.29 is 15.9 Å². The van der Waals surface area contributed by atoms with Crippen molar-refractivity contribution >= 4 is 31.5 Å². The Morgan fingerprint density at radius 2 is 0.683 bits per heavy atom. The third kappa shape index (κ3) is 7.48. The first-order valence-corrected chi connectivity index (χ1v) is 18.0. The molecule has 7 heteroatoms. The molecule has 41 heavy (non-hydrogen) atoms. The van der Waals surface area contributed by atoms with Crippen molar-refractivity contribution in [1.82, 2.24) is 10.0 Å². The van der Waals surface area contributed by atoms with Crippen LogP contribution in [0.15, 0.2) is 132 Å². The summed E-state index contributed by atoms with van der Waals surface area (Å²) in [5, 5.41) is 14.6. The molecule has 6 rings (SSSR count). The number of nitrogens with zero attached hydrogens (tertiary/aromatic N) is 4. The molecule has 2 saturated heterocycles. The maximum atomic E-state index is 5.03. The predicted octanol–water partition coefficient (Wildman–Crippen LogP) is 9.49. The second-order valence-corrected chi connectivity index (χ2v) is 12.6. The summed E-state index contributed by atoms with van der Waals surface area (Å²) in [6.07, 6.45) is 8.10. The molecule has 0 bridgehead atoms. The molecule has 0 radical (unpaired) electrons. The van der Waals surface area contributed by atoms with Crippen molar-refractivity contribution in [3.63, 3.8) is 0 Å². The summed E-state index contributed by atoms with van der Waals surface area (Å²) in [5.74, 6) is 0. The quantitative estimate of drug-likeness (QED) is 0.144. The van der Waals surface area contributed by atoms with Gasteiger partial charge in [0.2, 0.25) is 0 Å². The Morgan fingerprint density at radius 1 is 0.463 bits per heavy atom. The van der Waals surface area contributed by atoms with E-state index in [4.69, 9.17) is 29.3 Å². The van der Waals surface area contributed by atoms with Crippen LogP contribution in [0.4, 0.5) is 0 Å². The van der Waals surface area contributed by atoms with Crippen LogP contribution in [0.3, 0.4) is 0 Å². The fourth-order valence-electron chi connectivity index (χ4n) is 6.11. The first-order valence-electron chi connectivity index (χ1n) is 14.0. The van der Waals surface area contributed by atoms with E-state index < -0.39 is 0 Å². The van der Waals surface area contributed by atoms with Gasteiger partial charge < -0.3 is 0 Å². The standard InChI is InChI=1S/C34H34N4.2ClH.Pd/c1-5-13-27(14-6-1)31-21-22-32(28-15-7-2-8-16-28)37(31)35-25-26-36-38-33(29-17-9-3-10-18-29)23-24-34(38)30-19-11-4-12-20-30;;;/h1-20,25-26,31-34H,21-24H2;2*1H;/q;;;+2/p-2/b35-25+,36-26+;;;/t31-,32-,33-,34-;;;/m0.../s1. The third-order valence-electron chi connectivity index (χ3n) is 7.91. The van der Waals surface area contributed by atoms with Crippen LogP contribution in [0, 0.1) is 0 Å². The van der Waals surface area contributed by atoms with Crippen LogP contribution >= 0.6 is 19.1 Å². The van der Waals surface area contributed by atoms with Crippen molar-refractivity contribution in [3.05, 3.63) is 144 Å². The van der Waals surface area contributed by atoms with Gasteiger partial charge in [-0.1, -0.05) is 121 Å². The van der Waals surface area contributed by atoms with Gasteiger partial charge in [-0.15, -0.1) is 0 Å². The second kappa shape index (κ2) is 15.3. The van der Waals surface area contributed by atoms with Crippen LogP contribution in [0.2, 0.25) is 0 Å². The molecule has 4 aromatic rings. The van der Waals surface area contributed by atoms with E-state index >= 15 is 0 Å². The van der Waals surface area contributed by atoms with Gasteiger partial charge >= 0.3 is 35.0 Å².